The van der Waals surface area contributed by atoms with E-state index in [0.717, 1.165) is 54.3 Å². The van der Waals surface area contributed by atoms with Crippen LogP contribution >= 0.6 is 0 Å². The van der Waals surface area contributed by atoms with Crippen molar-refractivity contribution >= 4 is 17.4 Å². The van der Waals surface area contributed by atoms with E-state index in [2.05, 4.69) is 46.4 Å². The smallest absolute Gasteiger partial charge is 0.337 e. The molecule has 1 atom stereocenters. The minimum Gasteiger partial charge on any atom is -0.490 e. The van der Waals surface area contributed by atoms with Crippen molar-refractivity contribution in [2.45, 2.75) is 33.2 Å². The van der Waals surface area contributed by atoms with E-state index in [1.807, 2.05) is 32.9 Å². The van der Waals surface area contributed by atoms with Crippen LogP contribution in [0.4, 0.5) is 10.5 Å². The number of nitrogens with one attached hydrogen (secondary N) is 1. The predicted octanol–water partition coefficient (Wildman–Crippen LogP) is 3.57. The number of carbonyl (C=O) groups is 1. The van der Waals surface area contributed by atoms with Crippen molar-refractivity contribution in [3.63, 3.8) is 0 Å². The minimum absolute atomic E-state index is 0.122. The highest BCUT2D eigenvalue weighted by Crippen LogP contribution is 2.35. The molecule has 2 aliphatic rings. The molecule has 0 saturated carbocycles. The van der Waals surface area contributed by atoms with Gasteiger partial charge >= 0.3 is 6.03 Å². The van der Waals surface area contributed by atoms with Gasteiger partial charge in [0.2, 0.25) is 0 Å². The third-order valence-corrected chi connectivity index (χ3v) is 6.60. The largest absolute Gasteiger partial charge is 0.490 e. The van der Waals surface area contributed by atoms with Crippen molar-refractivity contribution in [1.82, 2.24) is 15.2 Å². The molecule has 2 amide bonds. The number of hydrazone groups is 1. The maximum Gasteiger partial charge on any atom is 0.337 e. The summed E-state index contributed by atoms with van der Waals surface area (Å²) in [6, 6.07) is 12.2. The Hall–Kier alpha value is -3.26. The number of nitrogens with zero attached hydrogens (tertiary/aromatic N) is 4. The third kappa shape index (κ3) is 5.37. The molecule has 0 aromatic heterocycles. The van der Waals surface area contributed by atoms with Gasteiger partial charge in [-0.15, -0.1) is 0 Å². The number of carbonyl (C=O) groups excluding carboxylic acids is 1. The van der Waals surface area contributed by atoms with Gasteiger partial charge < -0.3 is 24.6 Å². The highest BCUT2D eigenvalue weighted by Gasteiger charge is 2.28. The van der Waals surface area contributed by atoms with Crippen LogP contribution in [0, 0.1) is 0 Å². The molecule has 1 saturated heterocycles. The second-order valence-electron chi connectivity index (χ2n) is 9.06. The SMILES string of the molecule is CCOc1cc2c(cc1OCC)C(c1ccc(N3CCN(C)CC3)cc1)=NN(C(=O)NC)C(C)C2. The number of rotatable bonds is 6. The molecule has 35 heavy (non-hydrogen) atoms. The van der Waals surface area contributed by atoms with Gasteiger partial charge in [-0.25, -0.2) is 9.80 Å². The summed E-state index contributed by atoms with van der Waals surface area (Å²) < 4.78 is 11.8. The first-order chi connectivity index (χ1) is 16.9. The number of hydrogen-bond acceptors (Lipinski definition) is 6. The van der Waals surface area contributed by atoms with Gasteiger partial charge in [0.05, 0.1) is 25.0 Å². The van der Waals surface area contributed by atoms with Gasteiger partial charge in [0, 0.05) is 50.0 Å². The number of fused-ring (bicyclic) bond motifs is 1. The fourth-order valence-corrected chi connectivity index (χ4v) is 4.66. The maximum atomic E-state index is 12.7. The molecule has 1 unspecified atom stereocenters. The Morgan fingerprint density at radius 3 is 2.26 bits per heavy atom. The molecule has 4 rings (SSSR count). The summed E-state index contributed by atoms with van der Waals surface area (Å²) in [6.45, 7) is 11.2. The van der Waals surface area contributed by atoms with E-state index in [0.29, 0.717) is 25.4 Å². The molecule has 0 bridgehead atoms. The van der Waals surface area contributed by atoms with Gasteiger partial charge in [0.1, 0.15) is 0 Å². The molecule has 8 heteroatoms. The van der Waals surface area contributed by atoms with Gasteiger partial charge in [0.25, 0.3) is 0 Å². The van der Waals surface area contributed by atoms with Crippen molar-refractivity contribution in [2.75, 3.05) is 58.4 Å². The predicted molar refractivity (Wildman–Crippen MR) is 140 cm³/mol. The Balaban J connectivity index is 1.78. The summed E-state index contributed by atoms with van der Waals surface area (Å²) in [7, 11) is 3.79. The van der Waals surface area contributed by atoms with Crippen LogP contribution in [0.1, 0.15) is 37.5 Å². The number of amides is 2. The van der Waals surface area contributed by atoms with Crippen LogP contribution in [0.3, 0.4) is 0 Å². The lowest BCUT2D eigenvalue weighted by Gasteiger charge is -2.34. The van der Waals surface area contributed by atoms with Crippen LogP contribution < -0.4 is 19.7 Å². The molecule has 2 heterocycles. The van der Waals surface area contributed by atoms with Crippen LogP contribution in [0.2, 0.25) is 0 Å². The number of urea groups is 1. The second kappa shape index (κ2) is 11.0. The van der Waals surface area contributed by atoms with E-state index in [1.54, 1.807) is 12.1 Å². The number of likely N-dealkylation sites (N-methyl/N-ethyl adjacent to an activating group) is 1. The van der Waals surface area contributed by atoms with Crippen LogP contribution in [0.15, 0.2) is 41.5 Å². The van der Waals surface area contributed by atoms with Crippen LogP contribution in [0.5, 0.6) is 11.5 Å². The Bertz CT molecular complexity index is 1060. The number of anilines is 1. The van der Waals surface area contributed by atoms with E-state index in [4.69, 9.17) is 14.6 Å². The van der Waals surface area contributed by atoms with E-state index in [-0.39, 0.29) is 12.1 Å². The molecule has 0 aliphatic carbocycles. The second-order valence-corrected chi connectivity index (χ2v) is 9.06. The number of piperazine rings is 1. The van der Waals surface area contributed by atoms with Crippen molar-refractivity contribution < 1.29 is 14.3 Å². The van der Waals surface area contributed by atoms with Crippen LogP contribution in [0.25, 0.3) is 0 Å². The zero-order valence-electron chi connectivity index (χ0n) is 21.5. The Morgan fingerprint density at radius 1 is 1.03 bits per heavy atom. The van der Waals surface area contributed by atoms with Crippen LogP contribution in [-0.4, -0.2) is 81.2 Å². The molecule has 2 aromatic rings. The standard InChI is InChI=1S/C27H37N5O3/c1-6-34-24-17-21-16-19(3)32(27(33)28-4)29-26(23(21)18-25(24)35-7-2)20-8-10-22(11-9-20)31-14-12-30(5)13-15-31/h8-11,17-19H,6-7,12-16H2,1-5H3,(H,28,33). The van der Waals surface area contributed by atoms with Gasteiger partial charge in [-0.05, 0) is 64.1 Å². The summed E-state index contributed by atoms with van der Waals surface area (Å²) in [4.78, 5) is 17.5. The maximum absolute atomic E-state index is 12.7. The molecule has 0 radical (unpaired) electrons. The van der Waals surface area contributed by atoms with Crippen molar-refractivity contribution in [1.29, 1.82) is 0 Å². The number of hydrogen-bond donors (Lipinski definition) is 1. The number of ether oxygens (including phenoxy) is 2. The average molecular weight is 480 g/mol. The van der Waals surface area contributed by atoms with Gasteiger partial charge in [-0.2, -0.15) is 5.10 Å². The fraction of sp³-hybridized carbons (Fsp3) is 0.481. The summed E-state index contributed by atoms with van der Waals surface area (Å²) in [5.41, 5.74) is 4.95. The normalized spacial score (nSPS) is 18.4. The van der Waals surface area contributed by atoms with Crippen molar-refractivity contribution in [3.05, 3.63) is 53.1 Å². The topological polar surface area (TPSA) is 69.6 Å². The molecule has 188 valence electrons. The molecule has 8 nitrogen and oxygen atoms in total. The highest BCUT2D eigenvalue weighted by molar-refractivity contribution is 6.14. The summed E-state index contributed by atoms with van der Waals surface area (Å²) in [5.74, 6) is 1.41. The van der Waals surface area contributed by atoms with E-state index in [9.17, 15) is 4.79 Å². The van der Waals surface area contributed by atoms with E-state index >= 15 is 0 Å². The quantitative estimate of drug-likeness (QED) is 0.686. The molecule has 2 aromatic carbocycles. The Labute approximate surface area is 208 Å². The summed E-state index contributed by atoms with van der Waals surface area (Å²) in [6.07, 6.45) is 0.654. The zero-order chi connectivity index (χ0) is 24.9. The Kier molecular flexibility index (Phi) is 7.80. The van der Waals surface area contributed by atoms with Gasteiger partial charge in [0.15, 0.2) is 11.5 Å². The third-order valence-electron chi connectivity index (χ3n) is 6.60. The molecule has 2 aliphatic heterocycles. The Morgan fingerprint density at radius 2 is 1.66 bits per heavy atom. The van der Waals surface area contributed by atoms with Crippen molar-refractivity contribution in [2.24, 2.45) is 5.10 Å². The van der Waals surface area contributed by atoms with Crippen LogP contribution in [-0.2, 0) is 6.42 Å². The van der Waals surface area contributed by atoms with Gasteiger partial charge in [-0.3, -0.25) is 0 Å². The van der Waals surface area contributed by atoms with E-state index < -0.39 is 0 Å². The lowest BCUT2D eigenvalue weighted by molar-refractivity contribution is 0.184. The summed E-state index contributed by atoms with van der Waals surface area (Å²) in [5, 5.41) is 9.17. The fourth-order valence-electron chi connectivity index (χ4n) is 4.66. The lowest BCUT2D eigenvalue weighted by Crippen LogP contribution is -2.44. The molecule has 0 spiro atoms. The molecule has 1 fully saturated rings. The number of benzene rings is 2. The minimum atomic E-state index is -0.230. The summed E-state index contributed by atoms with van der Waals surface area (Å²) >= 11 is 0. The highest BCUT2D eigenvalue weighted by atomic mass is 16.5. The van der Waals surface area contributed by atoms with Crippen molar-refractivity contribution in [3.8, 4) is 11.5 Å². The first-order valence-corrected chi connectivity index (χ1v) is 12.5. The molecular weight excluding hydrogens is 442 g/mol. The monoisotopic (exact) mass is 479 g/mol. The lowest BCUT2D eigenvalue weighted by atomic mass is 9.94. The molecular formula is C27H37N5O3. The average Bonchev–Trinajstić information content (AvgIpc) is 3.00. The molecule has 1 N–H and O–H groups in total. The van der Waals surface area contributed by atoms with Gasteiger partial charge in [-0.1, -0.05) is 12.1 Å². The van der Waals surface area contributed by atoms with E-state index in [1.165, 1.54) is 5.69 Å². The zero-order valence-corrected chi connectivity index (χ0v) is 21.5. The first kappa shape index (κ1) is 24.9. The first-order valence-electron chi connectivity index (χ1n) is 12.5.